The molecule has 0 aliphatic carbocycles. The second-order valence-electron chi connectivity index (χ2n) is 5.28. The first-order valence-corrected chi connectivity index (χ1v) is 7.55. The van der Waals surface area contributed by atoms with E-state index in [0.717, 1.165) is 25.7 Å². The van der Waals surface area contributed by atoms with Gasteiger partial charge in [-0.2, -0.15) is 0 Å². The lowest BCUT2D eigenvalue weighted by atomic mass is 9.87. The van der Waals surface area contributed by atoms with Crippen LogP contribution in [0.1, 0.15) is 52.9 Å². The van der Waals surface area contributed by atoms with Gasteiger partial charge in [0.1, 0.15) is 11.8 Å². The summed E-state index contributed by atoms with van der Waals surface area (Å²) in [6, 6.07) is 0. The highest BCUT2D eigenvalue weighted by Crippen LogP contribution is 2.35. The fraction of sp³-hybridized carbons (Fsp3) is 0.846. The van der Waals surface area contributed by atoms with Crippen LogP contribution in [0.3, 0.4) is 0 Å². The lowest BCUT2D eigenvalue weighted by molar-refractivity contribution is -0.129. The molecule has 0 aliphatic heterocycles. The number of aldehydes is 1. The van der Waals surface area contributed by atoms with Gasteiger partial charge in [-0.3, -0.25) is 4.79 Å². The number of hydrogen-bond acceptors (Lipinski definition) is 6. The first-order chi connectivity index (χ1) is 9.39. The van der Waals surface area contributed by atoms with Gasteiger partial charge < -0.3 is 15.2 Å². The van der Waals surface area contributed by atoms with Crippen LogP contribution in [0, 0.1) is 4.91 Å². The van der Waals surface area contributed by atoms with E-state index in [1.54, 1.807) is 13.8 Å². The molecule has 0 aromatic carbocycles. The lowest BCUT2D eigenvalue weighted by Gasteiger charge is -2.39. The number of aliphatic hydroxyl groups is 1. The van der Waals surface area contributed by atoms with E-state index in [0.29, 0.717) is 24.7 Å². The third kappa shape index (κ3) is 5.20. The van der Waals surface area contributed by atoms with Gasteiger partial charge in [0.15, 0.2) is 0 Å². The predicted molar refractivity (Wildman–Crippen MR) is 80.2 cm³/mol. The first-order valence-electron chi connectivity index (χ1n) is 6.78. The second kappa shape index (κ2) is 9.07. The van der Waals surface area contributed by atoms with Crippen LogP contribution in [0.2, 0.25) is 0 Å². The van der Waals surface area contributed by atoms with Crippen molar-refractivity contribution in [3.05, 3.63) is 4.91 Å². The minimum absolute atomic E-state index is 0.296. The van der Waals surface area contributed by atoms with Gasteiger partial charge in [0.2, 0.25) is 5.91 Å². The van der Waals surface area contributed by atoms with E-state index >= 15 is 0 Å². The molecule has 0 aromatic heterocycles. The molecule has 116 valence electrons. The maximum Gasteiger partial charge on any atom is 0.220 e. The molecule has 7 heteroatoms. The van der Waals surface area contributed by atoms with Crippen molar-refractivity contribution in [3.8, 4) is 0 Å². The number of unbranched alkanes of at least 4 members (excludes halogenated alkanes) is 3. The van der Waals surface area contributed by atoms with Crippen molar-refractivity contribution in [1.29, 1.82) is 0 Å². The van der Waals surface area contributed by atoms with E-state index in [4.69, 9.17) is 0 Å². The molecule has 0 unspecified atom stereocenters. The van der Waals surface area contributed by atoms with Gasteiger partial charge in [-0.25, -0.2) is 0 Å². The van der Waals surface area contributed by atoms with Crippen molar-refractivity contribution in [1.82, 2.24) is 5.32 Å². The number of aliphatic hydroxyl groups excluding tert-OH is 1. The van der Waals surface area contributed by atoms with Crippen LogP contribution in [0.4, 0.5) is 0 Å². The molecule has 20 heavy (non-hydrogen) atoms. The smallest absolute Gasteiger partial charge is 0.220 e. The van der Waals surface area contributed by atoms with Crippen LogP contribution in [-0.4, -0.2) is 34.2 Å². The summed E-state index contributed by atoms with van der Waals surface area (Å²) >= 11 is 0.627. The number of carbonyl (C=O) groups is 2. The Morgan fingerprint density at radius 2 is 2.00 bits per heavy atom. The van der Waals surface area contributed by atoms with Gasteiger partial charge in [-0.1, -0.05) is 26.2 Å². The number of carbonyl (C=O) groups excluding carboxylic acids is 2. The molecule has 0 rings (SSSR count). The molecule has 0 aromatic rings. The van der Waals surface area contributed by atoms with Crippen LogP contribution >= 0.6 is 11.9 Å². The van der Waals surface area contributed by atoms with Crippen molar-refractivity contribution in [2.75, 3.05) is 6.61 Å². The summed E-state index contributed by atoms with van der Waals surface area (Å²) in [5, 5.41) is 12.0. The van der Waals surface area contributed by atoms with Crippen LogP contribution in [-0.2, 0) is 9.59 Å². The van der Waals surface area contributed by atoms with Crippen molar-refractivity contribution in [3.63, 3.8) is 0 Å². The predicted octanol–water partition coefficient (Wildman–Crippen LogP) is 2.20. The molecule has 1 amide bonds. The Bertz CT molecular complexity index is 336. The molecular weight excluding hydrogens is 280 g/mol. The Balaban J connectivity index is 4.72. The average molecular weight is 304 g/mol. The molecule has 0 aliphatic rings. The van der Waals surface area contributed by atoms with Crippen molar-refractivity contribution in [2.24, 2.45) is 4.58 Å². The average Bonchev–Trinajstić information content (AvgIpc) is 2.40. The van der Waals surface area contributed by atoms with Gasteiger partial charge in [-0.05, 0) is 20.3 Å². The highest BCUT2D eigenvalue weighted by atomic mass is 32.2. The fourth-order valence-corrected chi connectivity index (χ4v) is 2.30. The Labute approximate surface area is 124 Å². The largest absolute Gasteiger partial charge is 0.393 e. The van der Waals surface area contributed by atoms with Crippen molar-refractivity contribution in [2.45, 2.75) is 63.2 Å². The molecule has 0 spiro atoms. The molecule has 0 fully saturated rings. The zero-order valence-corrected chi connectivity index (χ0v) is 13.2. The molecule has 0 saturated heterocycles. The fourth-order valence-electron chi connectivity index (χ4n) is 1.79. The molecule has 0 radical (unpaired) electrons. The van der Waals surface area contributed by atoms with E-state index in [1.807, 2.05) is 0 Å². The van der Waals surface area contributed by atoms with Gasteiger partial charge in [0.25, 0.3) is 0 Å². The van der Waals surface area contributed by atoms with Crippen LogP contribution in [0.15, 0.2) is 4.58 Å². The van der Waals surface area contributed by atoms with Gasteiger partial charge >= 0.3 is 0 Å². The summed E-state index contributed by atoms with van der Waals surface area (Å²) in [6.45, 7) is 4.67. The zero-order valence-electron chi connectivity index (χ0n) is 12.3. The van der Waals surface area contributed by atoms with E-state index in [-0.39, 0.29) is 5.91 Å². The zero-order chi connectivity index (χ0) is 15.6. The van der Waals surface area contributed by atoms with E-state index in [1.165, 1.54) is 0 Å². The Morgan fingerprint density at radius 1 is 1.35 bits per heavy atom. The molecule has 1 atom stereocenters. The topological polar surface area (TPSA) is 95.8 Å². The molecule has 0 saturated carbocycles. The normalized spacial score (nSPS) is 14.4. The standard InChI is InChI=1S/C13H24N2O4S/c1-4-5-6-7-8-11(18)14-13(9-16,10-17)12(2,3)20-15-19/h9,17H,4-8,10H2,1-3H3,(H,14,18)/t13-/m1/s1. The lowest BCUT2D eigenvalue weighted by Crippen LogP contribution is -2.64. The first kappa shape index (κ1) is 19.1. The van der Waals surface area contributed by atoms with Crippen molar-refractivity contribution >= 4 is 24.1 Å². The minimum atomic E-state index is -1.51. The molecular formula is C13H24N2O4S. The summed E-state index contributed by atoms with van der Waals surface area (Å²) in [5.41, 5.74) is -1.51. The summed E-state index contributed by atoms with van der Waals surface area (Å²) in [4.78, 5) is 33.7. The Kier molecular flexibility index (Phi) is 8.64. The summed E-state index contributed by atoms with van der Waals surface area (Å²) < 4.78 is 1.68. The summed E-state index contributed by atoms with van der Waals surface area (Å²) in [7, 11) is 0. The molecule has 2 N–H and O–H groups in total. The van der Waals surface area contributed by atoms with E-state index in [2.05, 4.69) is 16.8 Å². The van der Waals surface area contributed by atoms with Crippen LogP contribution in [0.5, 0.6) is 0 Å². The Morgan fingerprint density at radius 3 is 2.45 bits per heavy atom. The van der Waals surface area contributed by atoms with Crippen LogP contribution < -0.4 is 5.32 Å². The molecule has 0 heterocycles. The third-order valence-electron chi connectivity index (χ3n) is 3.41. The number of amides is 1. The number of rotatable bonds is 11. The quantitative estimate of drug-likeness (QED) is 0.264. The molecule has 6 nitrogen and oxygen atoms in total. The number of hydrogen-bond donors (Lipinski definition) is 2. The number of nitrogens with zero attached hydrogens (tertiary/aromatic N) is 1. The monoisotopic (exact) mass is 304 g/mol. The summed E-state index contributed by atoms with van der Waals surface area (Å²) in [6.07, 6.45) is 4.60. The van der Waals surface area contributed by atoms with Gasteiger partial charge in [0, 0.05) is 23.0 Å². The van der Waals surface area contributed by atoms with E-state index in [9.17, 15) is 19.6 Å². The van der Waals surface area contributed by atoms with Gasteiger partial charge in [-0.15, -0.1) is 4.91 Å². The maximum atomic E-state index is 11.9. The number of nitrogens with one attached hydrogen (secondary N) is 1. The highest BCUT2D eigenvalue weighted by molar-refractivity contribution is 7.99. The SMILES string of the molecule is CCCCCCC(=O)N[C@](C=O)(CO)C(C)(C)SN=O. The second-order valence-corrected chi connectivity index (χ2v) is 6.63. The highest BCUT2D eigenvalue weighted by Gasteiger charge is 2.47. The van der Waals surface area contributed by atoms with Crippen molar-refractivity contribution < 1.29 is 14.7 Å². The molecule has 0 bridgehead atoms. The maximum absolute atomic E-state index is 11.9. The van der Waals surface area contributed by atoms with Crippen LogP contribution in [0.25, 0.3) is 0 Å². The summed E-state index contributed by atoms with van der Waals surface area (Å²) in [5.74, 6) is -0.304. The third-order valence-corrected chi connectivity index (χ3v) is 4.31. The van der Waals surface area contributed by atoms with E-state index < -0.39 is 16.9 Å². The van der Waals surface area contributed by atoms with Gasteiger partial charge in [0.05, 0.1) is 11.4 Å². The number of nitroso groups, excluding NO2 is 1. The Hall–Kier alpha value is -0.950. The minimum Gasteiger partial charge on any atom is -0.393 e.